The summed E-state index contributed by atoms with van der Waals surface area (Å²) in [6, 6.07) is -0.0731. The van der Waals surface area contributed by atoms with Gasteiger partial charge >= 0.3 is 0 Å². The number of carbonyl (C=O) groups is 1. The molecule has 1 saturated heterocycles. The van der Waals surface area contributed by atoms with Gasteiger partial charge in [0, 0.05) is 38.9 Å². The van der Waals surface area contributed by atoms with Crippen LogP contribution < -0.4 is 5.73 Å². The van der Waals surface area contributed by atoms with Crippen LogP contribution in [0.25, 0.3) is 0 Å². The van der Waals surface area contributed by atoms with Crippen LogP contribution in [0.5, 0.6) is 0 Å². The zero-order valence-corrected chi connectivity index (χ0v) is 12.8. The first kappa shape index (κ1) is 15.0. The van der Waals surface area contributed by atoms with Crippen LogP contribution in [0.2, 0.25) is 0 Å². The number of likely N-dealkylation sites (tertiary alicyclic amines) is 1. The molecule has 2 N–H and O–H groups in total. The van der Waals surface area contributed by atoms with Gasteiger partial charge in [0.2, 0.25) is 5.91 Å². The summed E-state index contributed by atoms with van der Waals surface area (Å²) in [6.45, 7) is 2.90. The summed E-state index contributed by atoms with van der Waals surface area (Å²) in [5, 5.41) is 4.24. The second-order valence-corrected chi connectivity index (χ2v) is 5.88. The molecule has 112 valence electrons. The molecule has 0 aromatic carbocycles. The molecule has 0 bridgehead atoms. The van der Waals surface area contributed by atoms with E-state index in [1.54, 1.807) is 9.58 Å². The van der Waals surface area contributed by atoms with Crippen molar-refractivity contribution in [1.82, 2.24) is 19.6 Å². The maximum absolute atomic E-state index is 12.3. The molecular weight excluding hydrogens is 254 g/mol. The van der Waals surface area contributed by atoms with Crippen LogP contribution in [0, 0.1) is 0 Å². The lowest BCUT2D eigenvalue weighted by molar-refractivity contribution is -0.134. The third kappa shape index (κ3) is 2.86. The lowest BCUT2D eigenvalue weighted by Crippen LogP contribution is -2.48. The third-order valence-corrected chi connectivity index (χ3v) is 3.94. The molecule has 20 heavy (non-hydrogen) atoms. The van der Waals surface area contributed by atoms with Crippen LogP contribution in [0.4, 0.5) is 0 Å². The SMILES string of the molecule is CC(N)C(c1cnn(C)c1)N1CCCC1C(=O)N(C)C. The molecule has 1 aromatic heterocycles. The van der Waals surface area contributed by atoms with E-state index in [1.807, 2.05) is 40.5 Å². The first-order valence-electron chi connectivity index (χ1n) is 7.13. The zero-order valence-electron chi connectivity index (χ0n) is 12.8. The van der Waals surface area contributed by atoms with Crippen LogP contribution in [0.1, 0.15) is 31.4 Å². The second-order valence-electron chi connectivity index (χ2n) is 5.88. The first-order valence-corrected chi connectivity index (χ1v) is 7.13. The highest BCUT2D eigenvalue weighted by Crippen LogP contribution is 2.31. The number of hydrogen-bond acceptors (Lipinski definition) is 4. The smallest absolute Gasteiger partial charge is 0.239 e. The molecule has 3 atom stereocenters. The van der Waals surface area contributed by atoms with Crippen molar-refractivity contribution in [3.05, 3.63) is 18.0 Å². The summed E-state index contributed by atoms with van der Waals surface area (Å²) in [5.74, 6) is 0.164. The second kappa shape index (κ2) is 5.93. The number of likely N-dealkylation sites (N-methyl/N-ethyl adjacent to an activating group) is 1. The van der Waals surface area contributed by atoms with E-state index in [2.05, 4.69) is 10.00 Å². The molecule has 0 aliphatic carbocycles. The minimum atomic E-state index is -0.0683. The third-order valence-electron chi connectivity index (χ3n) is 3.94. The Bertz CT molecular complexity index is 468. The van der Waals surface area contributed by atoms with E-state index in [-0.39, 0.29) is 24.0 Å². The van der Waals surface area contributed by atoms with Gasteiger partial charge in [-0.05, 0) is 26.3 Å². The molecule has 2 heterocycles. The highest BCUT2D eigenvalue weighted by Gasteiger charge is 2.38. The van der Waals surface area contributed by atoms with Crippen molar-refractivity contribution in [2.75, 3.05) is 20.6 Å². The largest absolute Gasteiger partial charge is 0.347 e. The van der Waals surface area contributed by atoms with E-state index in [4.69, 9.17) is 5.73 Å². The van der Waals surface area contributed by atoms with Crippen molar-refractivity contribution in [3.8, 4) is 0 Å². The topological polar surface area (TPSA) is 67.4 Å². The Kier molecular flexibility index (Phi) is 4.45. The molecule has 1 aliphatic heterocycles. The van der Waals surface area contributed by atoms with E-state index in [0.717, 1.165) is 24.9 Å². The van der Waals surface area contributed by atoms with Crippen molar-refractivity contribution >= 4 is 5.91 Å². The average Bonchev–Trinajstić information content (AvgIpc) is 2.98. The number of amides is 1. The van der Waals surface area contributed by atoms with Gasteiger partial charge in [0.25, 0.3) is 0 Å². The van der Waals surface area contributed by atoms with Crippen LogP contribution in [0.15, 0.2) is 12.4 Å². The van der Waals surface area contributed by atoms with E-state index >= 15 is 0 Å². The molecule has 1 aromatic rings. The number of aromatic nitrogens is 2. The van der Waals surface area contributed by atoms with Gasteiger partial charge in [0.15, 0.2) is 0 Å². The zero-order chi connectivity index (χ0) is 14.9. The van der Waals surface area contributed by atoms with Gasteiger partial charge in [-0.3, -0.25) is 14.4 Å². The molecule has 1 amide bonds. The maximum Gasteiger partial charge on any atom is 0.239 e. The fraction of sp³-hybridized carbons (Fsp3) is 0.714. The number of aryl methyl sites for hydroxylation is 1. The van der Waals surface area contributed by atoms with Gasteiger partial charge in [0.1, 0.15) is 0 Å². The van der Waals surface area contributed by atoms with E-state index < -0.39 is 0 Å². The molecule has 1 fully saturated rings. The van der Waals surface area contributed by atoms with Gasteiger partial charge in [0.05, 0.1) is 18.3 Å². The summed E-state index contributed by atoms with van der Waals surface area (Å²) < 4.78 is 1.78. The number of rotatable bonds is 4. The summed E-state index contributed by atoms with van der Waals surface area (Å²) >= 11 is 0. The standard InChI is InChI=1S/C14H25N5O/c1-10(15)13(11-8-16-18(4)9-11)19-7-5-6-12(19)14(20)17(2)3/h8-10,12-13H,5-7,15H2,1-4H3. The normalized spacial score (nSPS) is 22.8. The molecular formula is C14H25N5O. The molecule has 6 nitrogen and oxygen atoms in total. The summed E-state index contributed by atoms with van der Waals surface area (Å²) in [7, 11) is 5.52. The van der Waals surface area contributed by atoms with Crippen molar-refractivity contribution in [2.24, 2.45) is 12.8 Å². The molecule has 0 saturated carbocycles. The fourth-order valence-electron chi connectivity index (χ4n) is 3.08. The van der Waals surface area contributed by atoms with E-state index in [0.29, 0.717) is 0 Å². The highest BCUT2D eigenvalue weighted by atomic mass is 16.2. The van der Waals surface area contributed by atoms with Gasteiger partial charge < -0.3 is 10.6 Å². The van der Waals surface area contributed by atoms with Crippen molar-refractivity contribution < 1.29 is 4.79 Å². The summed E-state index contributed by atoms with van der Waals surface area (Å²) in [6.07, 6.45) is 5.78. The lowest BCUT2D eigenvalue weighted by atomic mass is 10.0. The molecule has 0 radical (unpaired) electrons. The van der Waals surface area contributed by atoms with E-state index in [9.17, 15) is 4.79 Å². The number of nitrogens with two attached hydrogens (primary N) is 1. The van der Waals surface area contributed by atoms with E-state index in [1.165, 1.54) is 0 Å². The van der Waals surface area contributed by atoms with Gasteiger partial charge in [-0.2, -0.15) is 5.10 Å². The van der Waals surface area contributed by atoms with Crippen LogP contribution in [0.3, 0.4) is 0 Å². The minimum absolute atomic E-state index is 0.0418. The fourth-order valence-corrected chi connectivity index (χ4v) is 3.08. The predicted octanol–water partition coefficient (Wildman–Crippen LogP) is 0.361. The van der Waals surface area contributed by atoms with Crippen LogP contribution in [-0.2, 0) is 11.8 Å². The van der Waals surface area contributed by atoms with Gasteiger partial charge in [-0.1, -0.05) is 0 Å². The van der Waals surface area contributed by atoms with Crippen molar-refractivity contribution in [1.29, 1.82) is 0 Å². The van der Waals surface area contributed by atoms with Crippen molar-refractivity contribution in [2.45, 2.75) is 37.9 Å². The Morgan fingerprint density at radius 3 is 2.75 bits per heavy atom. The molecule has 2 rings (SSSR count). The molecule has 6 heteroatoms. The van der Waals surface area contributed by atoms with Crippen LogP contribution >= 0.6 is 0 Å². The lowest BCUT2D eigenvalue weighted by Gasteiger charge is -2.35. The Labute approximate surface area is 120 Å². The Morgan fingerprint density at radius 1 is 1.55 bits per heavy atom. The molecule has 3 unspecified atom stereocenters. The van der Waals surface area contributed by atoms with Gasteiger partial charge in [-0.15, -0.1) is 0 Å². The first-order chi connectivity index (χ1) is 9.41. The quantitative estimate of drug-likeness (QED) is 0.864. The summed E-state index contributed by atoms with van der Waals surface area (Å²) in [5.41, 5.74) is 7.28. The minimum Gasteiger partial charge on any atom is -0.347 e. The highest BCUT2D eigenvalue weighted by molar-refractivity contribution is 5.81. The number of nitrogens with zero attached hydrogens (tertiary/aromatic N) is 4. The Balaban J connectivity index is 2.27. The average molecular weight is 279 g/mol. The molecule has 1 aliphatic rings. The number of carbonyl (C=O) groups excluding carboxylic acids is 1. The summed E-state index contributed by atoms with van der Waals surface area (Å²) in [4.78, 5) is 16.3. The Hall–Kier alpha value is -1.40. The van der Waals surface area contributed by atoms with Gasteiger partial charge in [-0.25, -0.2) is 0 Å². The Morgan fingerprint density at radius 2 is 2.25 bits per heavy atom. The van der Waals surface area contributed by atoms with Crippen LogP contribution in [-0.4, -0.2) is 58.2 Å². The van der Waals surface area contributed by atoms with Crippen molar-refractivity contribution in [3.63, 3.8) is 0 Å². The molecule has 0 spiro atoms. The predicted molar refractivity (Wildman–Crippen MR) is 78.0 cm³/mol. The monoisotopic (exact) mass is 279 g/mol. The number of hydrogen-bond donors (Lipinski definition) is 1. The maximum atomic E-state index is 12.3.